The van der Waals surface area contributed by atoms with E-state index in [9.17, 15) is 0 Å². The van der Waals surface area contributed by atoms with Crippen LogP contribution >= 0.6 is 0 Å². The highest BCUT2D eigenvalue weighted by Crippen LogP contribution is 2.51. The van der Waals surface area contributed by atoms with Crippen LogP contribution in [0.5, 0.6) is 0 Å². The second-order valence-corrected chi connectivity index (χ2v) is 8.50. The molecular formula is C29H27N. The molecule has 0 bridgehead atoms. The zero-order valence-electron chi connectivity index (χ0n) is 17.7. The van der Waals surface area contributed by atoms with Crippen LogP contribution in [0, 0.1) is 0 Å². The fourth-order valence-electron chi connectivity index (χ4n) is 5.22. The second-order valence-electron chi connectivity index (χ2n) is 8.50. The molecule has 0 fully saturated rings. The summed E-state index contributed by atoms with van der Waals surface area (Å²) in [7, 11) is 4.30. The van der Waals surface area contributed by atoms with Gasteiger partial charge in [-0.25, -0.2) is 0 Å². The molecule has 1 aliphatic rings. The fourth-order valence-corrected chi connectivity index (χ4v) is 5.22. The first-order chi connectivity index (χ1) is 14.7. The van der Waals surface area contributed by atoms with Gasteiger partial charge in [0.15, 0.2) is 0 Å². The molecule has 0 radical (unpaired) electrons. The number of rotatable bonds is 4. The molecule has 1 heteroatoms. The summed E-state index contributed by atoms with van der Waals surface area (Å²) in [5.74, 6) is 0. The second kappa shape index (κ2) is 7.59. The molecule has 0 spiro atoms. The maximum absolute atomic E-state index is 2.35. The topological polar surface area (TPSA) is 3.24 Å². The van der Waals surface area contributed by atoms with Crippen molar-refractivity contribution in [1.82, 2.24) is 4.90 Å². The van der Waals surface area contributed by atoms with E-state index in [1.54, 1.807) is 0 Å². The summed E-state index contributed by atoms with van der Waals surface area (Å²) in [6.45, 7) is 0.949. The first-order valence-electron chi connectivity index (χ1n) is 10.7. The normalized spacial score (nSPS) is 14.2. The summed E-state index contributed by atoms with van der Waals surface area (Å²) in [4.78, 5) is 2.27. The standard InChI is InChI=1S/C29H27N/c1-30(2)21-23-13-11-19-28-26(23)20-22-12-9-10-18-27(22)29(28,24-14-5-3-6-15-24)25-16-7-4-8-17-25/h3-19H,20-21H2,1-2H3. The van der Waals surface area contributed by atoms with Crippen LogP contribution in [0.3, 0.4) is 0 Å². The van der Waals surface area contributed by atoms with E-state index in [0.29, 0.717) is 0 Å². The maximum Gasteiger partial charge on any atom is 0.0707 e. The first kappa shape index (κ1) is 18.8. The van der Waals surface area contributed by atoms with Crippen molar-refractivity contribution in [2.24, 2.45) is 0 Å². The van der Waals surface area contributed by atoms with E-state index in [1.807, 2.05) is 0 Å². The molecule has 0 amide bonds. The third-order valence-corrected chi connectivity index (χ3v) is 6.37. The van der Waals surface area contributed by atoms with E-state index in [2.05, 4.69) is 122 Å². The highest BCUT2D eigenvalue weighted by Gasteiger charge is 2.43. The fraction of sp³-hybridized carbons (Fsp3) is 0.172. The summed E-state index contributed by atoms with van der Waals surface area (Å²) < 4.78 is 0. The minimum absolute atomic E-state index is 0.310. The zero-order chi connectivity index (χ0) is 20.6. The quantitative estimate of drug-likeness (QED) is 0.362. The van der Waals surface area contributed by atoms with Gasteiger partial charge < -0.3 is 4.90 Å². The van der Waals surface area contributed by atoms with Crippen molar-refractivity contribution >= 4 is 0 Å². The van der Waals surface area contributed by atoms with Gasteiger partial charge in [0, 0.05) is 6.54 Å². The Morgan fingerprint density at radius 2 is 1.20 bits per heavy atom. The van der Waals surface area contributed by atoms with Gasteiger partial charge >= 0.3 is 0 Å². The minimum Gasteiger partial charge on any atom is -0.305 e. The molecule has 0 aliphatic heterocycles. The van der Waals surface area contributed by atoms with Crippen molar-refractivity contribution in [1.29, 1.82) is 0 Å². The molecule has 4 aromatic rings. The zero-order valence-corrected chi connectivity index (χ0v) is 17.7. The lowest BCUT2D eigenvalue weighted by Crippen LogP contribution is -2.36. The number of benzene rings is 4. The van der Waals surface area contributed by atoms with E-state index in [4.69, 9.17) is 0 Å². The molecule has 148 valence electrons. The molecule has 0 aromatic heterocycles. The lowest BCUT2D eigenvalue weighted by Gasteiger charge is -2.43. The average molecular weight is 390 g/mol. The molecular weight excluding hydrogens is 362 g/mol. The number of hydrogen-bond acceptors (Lipinski definition) is 1. The summed E-state index contributed by atoms with van der Waals surface area (Å²) in [6.07, 6.45) is 0.983. The van der Waals surface area contributed by atoms with Crippen LogP contribution in [0.4, 0.5) is 0 Å². The number of fused-ring (bicyclic) bond motifs is 2. The highest BCUT2D eigenvalue weighted by molar-refractivity contribution is 5.67. The Morgan fingerprint density at radius 1 is 0.633 bits per heavy atom. The minimum atomic E-state index is -0.310. The molecule has 0 atom stereocenters. The first-order valence-corrected chi connectivity index (χ1v) is 10.7. The molecule has 1 aliphatic carbocycles. The van der Waals surface area contributed by atoms with Gasteiger partial charge in [-0.05, 0) is 59.5 Å². The van der Waals surface area contributed by atoms with Crippen molar-refractivity contribution in [3.8, 4) is 0 Å². The Balaban J connectivity index is 1.92. The van der Waals surface area contributed by atoms with Crippen LogP contribution in [-0.4, -0.2) is 19.0 Å². The monoisotopic (exact) mass is 389 g/mol. The summed E-state index contributed by atoms with van der Waals surface area (Å²) in [5, 5.41) is 0. The molecule has 5 rings (SSSR count). The Labute approximate surface area is 179 Å². The Hall–Kier alpha value is -3.16. The van der Waals surface area contributed by atoms with Crippen molar-refractivity contribution in [2.75, 3.05) is 14.1 Å². The van der Waals surface area contributed by atoms with Crippen LogP contribution in [0.2, 0.25) is 0 Å². The maximum atomic E-state index is 2.35. The third-order valence-electron chi connectivity index (χ3n) is 6.37. The summed E-state index contributed by atoms with van der Waals surface area (Å²) in [6, 6.07) is 38.0. The van der Waals surface area contributed by atoms with Crippen molar-refractivity contribution in [2.45, 2.75) is 18.4 Å². The van der Waals surface area contributed by atoms with E-state index in [-0.39, 0.29) is 5.41 Å². The Bertz CT molecular complexity index is 1120. The predicted octanol–water partition coefficient (Wildman–Crippen LogP) is 6.04. The van der Waals surface area contributed by atoms with Crippen LogP contribution in [0.15, 0.2) is 103 Å². The molecule has 0 unspecified atom stereocenters. The van der Waals surface area contributed by atoms with E-state index in [1.165, 1.54) is 38.9 Å². The largest absolute Gasteiger partial charge is 0.305 e. The van der Waals surface area contributed by atoms with Crippen molar-refractivity contribution in [3.05, 3.63) is 142 Å². The summed E-state index contributed by atoms with van der Waals surface area (Å²) >= 11 is 0. The van der Waals surface area contributed by atoms with Crippen molar-refractivity contribution in [3.63, 3.8) is 0 Å². The average Bonchev–Trinajstić information content (AvgIpc) is 2.79. The van der Waals surface area contributed by atoms with Gasteiger partial charge in [-0.1, -0.05) is 103 Å². The van der Waals surface area contributed by atoms with Gasteiger partial charge in [0.05, 0.1) is 5.41 Å². The van der Waals surface area contributed by atoms with Crippen molar-refractivity contribution < 1.29 is 0 Å². The van der Waals surface area contributed by atoms with E-state index < -0.39 is 0 Å². The number of nitrogens with zero attached hydrogens (tertiary/aromatic N) is 1. The van der Waals surface area contributed by atoms with E-state index >= 15 is 0 Å². The highest BCUT2D eigenvalue weighted by atomic mass is 15.0. The molecule has 4 aromatic carbocycles. The van der Waals surface area contributed by atoms with Gasteiger partial charge in [-0.15, -0.1) is 0 Å². The van der Waals surface area contributed by atoms with Gasteiger partial charge in [-0.3, -0.25) is 0 Å². The van der Waals surface area contributed by atoms with Crippen LogP contribution < -0.4 is 0 Å². The predicted molar refractivity (Wildman–Crippen MR) is 125 cm³/mol. The van der Waals surface area contributed by atoms with Crippen LogP contribution in [0.25, 0.3) is 0 Å². The number of hydrogen-bond donors (Lipinski definition) is 0. The van der Waals surface area contributed by atoms with Gasteiger partial charge in [-0.2, -0.15) is 0 Å². The molecule has 0 heterocycles. The van der Waals surface area contributed by atoms with Gasteiger partial charge in [0.1, 0.15) is 0 Å². The van der Waals surface area contributed by atoms with Crippen LogP contribution in [0.1, 0.15) is 38.9 Å². The lowest BCUT2D eigenvalue weighted by atomic mass is 9.59. The molecule has 0 saturated heterocycles. The smallest absolute Gasteiger partial charge is 0.0707 e. The SMILES string of the molecule is CN(C)Cc1cccc2c1Cc1ccccc1C2(c1ccccc1)c1ccccc1. The van der Waals surface area contributed by atoms with Gasteiger partial charge in [0.2, 0.25) is 0 Å². The molecule has 0 N–H and O–H groups in total. The Morgan fingerprint density at radius 3 is 1.83 bits per heavy atom. The van der Waals surface area contributed by atoms with Crippen LogP contribution in [-0.2, 0) is 18.4 Å². The molecule has 1 nitrogen and oxygen atoms in total. The lowest BCUT2D eigenvalue weighted by molar-refractivity contribution is 0.400. The molecule has 0 saturated carbocycles. The van der Waals surface area contributed by atoms with E-state index in [0.717, 1.165) is 13.0 Å². The Kier molecular flexibility index (Phi) is 4.77. The summed E-state index contributed by atoms with van der Waals surface area (Å²) in [5.41, 5.74) is 9.47. The van der Waals surface area contributed by atoms with Gasteiger partial charge in [0.25, 0.3) is 0 Å². The molecule has 30 heavy (non-hydrogen) atoms. The third kappa shape index (κ3) is 2.89.